The molecule has 6 heteroatoms. The molecular weight excluding hydrogens is 298 g/mol. The van der Waals surface area contributed by atoms with E-state index in [9.17, 15) is 8.42 Å². The van der Waals surface area contributed by atoms with Crippen molar-refractivity contribution in [3.8, 4) is 0 Å². The number of pyridine rings is 1. The Morgan fingerprint density at radius 3 is 2.68 bits per heavy atom. The van der Waals surface area contributed by atoms with Gasteiger partial charge in [0.1, 0.15) is 0 Å². The molecule has 1 fully saturated rings. The van der Waals surface area contributed by atoms with Crippen molar-refractivity contribution in [3.63, 3.8) is 0 Å². The number of benzene rings is 1. The second-order valence-electron chi connectivity index (χ2n) is 5.35. The van der Waals surface area contributed by atoms with Crippen LogP contribution >= 0.6 is 0 Å². The third kappa shape index (κ3) is 2.77. The Labute approximate surface area is 130 Å². The van der Waals surface area contributed by atoms with Crippen molar-refractivity contribution < 1.29 is 8.42 Å². The average molecular weight is 317 g/mol. The first-order valence-electron chi connectivity index (χ1n) is 7.29. The first-order chi connectivity index (χ1) is 10.6. The highest BCUT2D eigenvalue weighted by Gasteiger charge is 2.29. The van der Waals surface area contributed by atoms with Crippen LogP contribution < -0.4 is 0 Å². The van der Waals surface area contributed by atoms with E-state index in [0.717, 1.165) is 30.4 Å². The van der Waals surface area contributed by atoms with E-state index in [1.54, 1.807) is 34.9 Å². The molecule has 1 aromatic heterocycles. The molecule has 0 amide bonds. The molecule has 1 aliphatic rings. The smallest absolute Gasteiger partial charge is 0.243 e. The Hall–Kier alpha value is -1.76. The van der Waals surface area contributed by atoms with E-state index < -0.39 is 10.0 Å². The Bertz CT molecular complexity index is 776. The van der Waals surface area contributed by atoms with E-state index in [-0.39, 0.29) is 0 Å². The number of rotatable bonds is 4. The minimum absolute atomic E-state index is 0.365. The second kappa shape index (κ2) is 6.16. The Morgan fingerprint density at radius 2 is 1.95 bits per heavy atom. The van der Waals surface area contributed by atoms with Gasteiger partial charge in [0.05, 0.1) is 4.90 Å². The van der Waals surface area contributed by atoms with Crippen LogP contribution in [0, 0.1) is 0 Å². The van der Waals surface area contributed by atoms with Gasteiger partial charge in [-0.2, -0.15) is 4.31 Å². The predicted octanol–water partition coefficient (Wildman–Crippen LogP) is 1.73. The van der Waals surface area contributed by atoms with Gasteiger partial charge in [0.2, 0.25) is 10.0 Å². The third-order valence-corrected chi connectivity index (χ3v) is 5.93. The first-order valence-corrected chi connectivity index (χ1v) is 8.73. The average Bonchev–Trinajstić information content (AvgIpc) is 2.55. The summed E-state index contributed by atoms with van der Waals surface area (Å²) in [5.74, 6) is 0. The van der Waals surface area contributed by atoms with Crippen molar-refractivity contribution in [2.24, 2.45) is 0 Å². The summed E-state index contributed by atoms with van der Waals surface area (Å²) in [7, 11) is -3.47. The van der Waals surface area contributed by atoms with Gasteiger partial charge in [-0.05, 0) is 12.1 Å². The molecule has 0 radical (unpaired) electrons. The van der Waals surface area contributed by atoms with Gasteiger partial charge in [-0.15, -0.1) is 6.58 Å². The summed E-state index contributed by atoms with van der Waals surface area (Å²) in [6.45, 7) is 7.01. The van der Waals surface area contributed by atoms with E-state index in [2.05, 4.69) is 16.5 Å². The van der Waals surface area contributed by atoms with Gasteiger partial charge in [0.25, 0.3) is 0 Å². The number of sulfonamides is 1. The number of hydrogen-bond acceptors (Lipinski definition) is 4. The molecule has 0 saturated carbocycles. The van der Waals surface area contributed by atoms with Crippen molar-refractivity contribution >= 4 is 20.8 Å². The Morgan fingerprint density at radius 1 is 1.18 bits per heavy atom. The maximum Gasteiger partial charge on any atom is 0.243 e. The lowest BCUT2D eigenvalue weighted by atomic mass is 10.2. The molecule has 116 valence electrons. The molecule has 0 N–H and O–H groups in total. The lowest BCUT2D eigenvalue weighted by Crippen LogP contribution is -2.48. The Balaban J connectivity index is 1.91. The lowest BCUT2D eigenvalue weighted by Gasteiger charge is -2.33. The van der Waals surface area contributed by atoms with Crippen LogP contribution in [0.15, 0.2) is 54.2 Å². The maximum atomic E-state index is 12.9. The topological polar surface area (TPSA) is 53.5 Å². The van der Waals surface area contributed by atoms with Crippen molar-refractivity contribution in [2.45, 2.75) is 4.90 Å². The van der Waals surface area contributed by atoms with Crippen LogP contribution in [0.3, 0.4) is 0 Å². The van der Waals surface area contributed by atoms with Gasteiger partial charge < -0.3 is 0 Å². The van der Waals surface area contributed by atoms with Crippen LogP contribution in [0.25, 0.3) is 10.8 Å². The molecule has 5 nitrogen and oxygen atoms in total. The van der Waals surface area contributed by atoms with E-state index >= 15 is 0 Å². The van der Waals surface area contributed by atoms with Crippen LogP contribution in [0.2, 0.25) is 0 Å². The summed E-state index contributed by atoms with van der Waals surface area (Å²) in [6.07, 6.45) is 5.17. The number of fused-ring (bicyclic) bond motifs is 1. The summed E-state index contributed by atoms with van der Waals surface area (Å²) in [5, 5.41) is 1.57. The monoisotopic (exact) mass is 317 g/mol. The van der Waals surface area contributed by atoms with E-state index in [0.29, 0.717) is 18.0 Å². The minimum atomic E-state index is -3.47. The number of piperazine rings is 1. The van der Waals surface area contributed by atoms with Crippen molar-refractivity contribution in [3.05, 3.63) is 49.3 Å². The number of nitrogens with zero attached hydrogens (tertiary/aromatic N) is 3. The zero-order valence-corrected chi connectivity index (χ0v) is 13.2. The molecule has 1 aromatic carbocycles. The summed E-state index contributed by atoms with van der Waals surface area (Å²) < 4.78 is 27.4. The Kier molecular flexibility index (Phi) is 4.24. The molecule has 1 aliphatic heterocycles. The van der Waals surface area contributed by atoms with Crippen LogP contribution in [0.5, 0.6) is 0 Å². The zero-order valence-electron chi connectivity index (χ0n) is 12.4. The quantitative estimate of drug-likeness (QED) is 0.806. The number of aromatic nitrogens is 1. The summed E-state index contributed by atoms with van der Waals surface area (Å²) >= 11 is 0. The highest BCUT2D eigenvalue weighted by Crippen LogP contribution is 2.25. The first kappa shape index (κ1) is 15.1. The molecule has 3 rings (SSSR count). The highest BCUT2D eigenvalue weighted by molar-refractivity contribution is 7.89. The molecule has 0 unspecified atom stereocenters. The largest absolute Gasteiger partial charge is 0.297 e. The summed E-state index contributed by atoms with van der Waals surface area (Å²) in [5.41, 5.74) is 0. The molecule has 0 aliphatic carbocycles. The lowest BCUT2D eigenvalue weighted by molar-refractivity contribution is 0.204. The fourth-order valence-corrected chi connectivity index (χ4v) is 4.43. The second-order valence-corrected chi connectivity index (χ2v) is 7.25. The zero-order chi connectivity index (χ0) is 15.6. The van der Waals surface area contributed by atoms with E-state index in [1.807, 2.05) is 12.1 Å². The van der Waals surface area contributed by atoms with Gasteiger partial charge in [0, 0.05) is 55.9 Å². The van der Waals surface area contributed by atoms with Gasteiger partial charge >= 0.3 is 0 Å². The van der Waals surface area contributed by atoms with Gasteiger partial charge in [-0.1, -0.05) is 18.2 Å². The molecule has 2 aromatic rings. The maximum absolute atomic E-state index is 12.9. The van der Waals surface area contributed by atoms with Gasteiger partial charge in [-0.3, -0.25) is 9.88 Å². The molecule has 2 heterocycles. The van der Waals surface area contributed by atoms with Crippen molar-refractivity contribution in [2.75, 3.05) is 32.7 Å². The third-order valence-electron chi connectivity index (χ3n) is 3.98. The van der Waals surface area contributed by atoms with Crippen LogP contribution in [0.1, 0.15) is 0 Å². The molecular formula is C16H19N3O2S. The fraction of sp³-hybridized carbons (Fsp3) is 0.312. The van der Waals surface area contributed by atoms with Crippen LogP contribution in [-0.4, -0.2) is 55.3 Å². The standard InChI is InChI=1S/C16H19N3O2S/c1-2-8-18-9-11-19(12-10-18)22(20,21)16-5-3-4-14-13-17-7-6-15(14)16/h2-7,13H,1,8-12H2. The molecule has 0 atom stereocenters. The normalized spacial score (nSPS) is 17.6. The molecule has 22 heavy (non-hydrogen) atoms. The van der Waals surface area contributed by atoms with Crippen LogP contribution in [-0.2, 0) is 10.0 Å². The number of hydrogen-bond donors (Lipinski definition) is 0. The fourth-order valence-electron chi connectivity index (χ4n) is 2.79. The summed E-state index contributed by atoms with van der Waals surface area (Å²) in [4.78, 5) is 6.62. The van der Waals surface area contributed by atoms with Gasteiger partial charge in [-0.25, -0.2) is 8.42 Å². The molecule has 1 saturated heterocycles. The SMILES string of the molecule is C=CCN1CCN(S(=O)(=O)c2cccc3cnccc23)CC1. The molecule has 0 spiro atoms. The van der Waals surface area contributed by atoms with Crippen LogP contribution in [0.4, 0.5) is 0 Å². The van der Waals surface area contributed by atoms with Crippen molar-refractivity contribution in [1.29, 1.82) is 0 Å². The van der Waals surface area contributed by atoms with E-state index in [4.69, 9.17) is 0 Å². The minimum Gasteiger partial charge on any atom is -0.297 e. The van der Waals surface area contributed by atoms with E-state index in [1.165, 1.54) is 0 Å². The molecule has 0 bridgehead atoms. The highest BCUT2D eigenvalue weighted by atomic mass is 32.2. The predicted molar refractivity (Wildman–Crippen MR) is 87.1 cm³/mol. The van der Waals surface area contributed by atoms with Crippen molar-refractivity contribution in [1.82, 2.24) is 14.2 Å². The van der Waals surface area contributed by atoms with Gasteiger partial charge in [0.15, 0.2) is 0 Å². The summed E-state index contributed by atoms with van der Waals surface area (Å²) in [6, 6.07) is 7.08.